The molecule has 0 aliphatic rings. The van der Waals surface area contributed by atoms with Crippen LogP contribution in [0.3, 0.4) is 0 Å². The predicted octanol–water partition coefficient (Wildman–Crippen LogP) is 7.30. The van der Waals surface area contributed by atoms with Crippen molar-refractivity contribution in [2.75, 3.05) is 12.3 Å². The normalized spacial score (nSPS) is 15.0. The molecule has 3 unspecified atom stereocenters. The van der Waals surface area contributed by atoms with Crippen LogP contribution in [0.15, 0.2) is 60.7 Å². The molecule has 0 saturated heterocycles. The average molecular weight is 394 g/mol. The Balaban J connectivity index is 2.27. The van der Waals surface area contributed by atoms with Gasteiger partial charge in [-0.3, -0.25) is 0 Å². The molecule has 0 saturated carbocycles. The molecule has 0 N–H and O–H groups in total. The summed E-state index contributed by atoms with van der Waals surface area (Å²) in [5.74, 6) is 0. The van der Waals surface area contributed by atoms with Crippen LogP contribution in [-0.4, -0.2) is 12.3 Å². The van der Waals surface area contributed by atoms with Crippen LogP contribution in [0.4, 0.5) is 0 Å². The Labute approximate surface area is 154 Å². The third-order valence-electron chi connectivity index (χ3n) is 4.05. The summed E-state index contributed by atoms with van der Waals surface area (Å²) in [6, 6.07) is 22.7. The molecule has 0 aromatic heterocycles. The van der Waals surface area contributed by atoms with Crippen molar-refractivity contribution in [3.63, 3.8) is 0 Å². The Hall–Kier alpha value is 0.160. The van der Waals surface area contributed by atoms with E-state index in [4.69, 9.17) is 0 Å². The van der Waals surface area contributed by atoms with Gasteiger partial charge in [-0.05, 0) is 58.0 Å². The van der Waals surface area contributed by atoms with E-state index in [1.807, 2.05) is 0 Å². The van der Waals surface area contributed by atoms with Crippen molar-refractivity contribution in [1.82, 2.24) is 0 Å². The van der Waals surface area contributed by atoms with E-state index in [-0.39, 0.29) is 22.2 Å². The molecule has 4 heteroatoms. The Morgan fingerprint density at radius 3 is 1.38 bits per heavy atom. The van der Waals surface area contributed by atoms with Gasteiger partial charge in [0, 0.05) is 0 Å². The van der Waals surface area contributed by atoms with Crippen LogP contribution in [0.25, 0.3) is 0 Å². The zero-order valence-electron chi connectivity index (χ0n) is 14.9. The van der Waals surface area contributed by atoms with Gasteiger partial charge in [-0.2, -0.15) is 0 Å². The van der Waals surface area contributed by atoms with E-state index in [2.05, 4.69) is 83.4 Å². The highest BCUT2D eigenvalue weighted by Gasteiger charge is 2.26. The van der Waals surface area contributed by atoms with Crippen molar-refractivity contribution in [3.05, 3.63) is 60.7 Å². The maximum atomic E-state index is 3.35. The third-order valence-corrected chi connectivity index (χ3v) is 22.8. The number of rotatable bonds is 10. The minimum atomic E-state index is -0.0458. The van der Waals surface area contributed by atoms with Crippen LogP contribution >= 0.6 is 31.1 Å². The predicted molar refractivity (Wildman–Crippen MR) is 122 cm³/mol. The largest absolute Gasteiger partial charge is 0.102 e. The molecule has 0 aliphatic heterocycles. The van der Waals surface area contributed by atoms with Gasteiger partial charge in [0.15, 0.2) is 0 Å². The Bertz CT molecular complexity index is 507. The van der Waals surface area contributed by atoms with Crippen LogP contribution in [0.5, 0.6) is 0 Å². The van der Waals surface area contributed by atoms with Crippen molar-refractivity contribution in [2.24, 2.45) is 0 Å². The van der Waals surface area contributed by atoms with E-state index < -0.39 is 0 Å². The second kappa shape index (κ2) is 11.7. The minimum absolute atomic E-state index is 0.0369. The van der Waals surface area contributed by atoms with Crippen molar-refractivity contribution in [2.45, 2.75) is 39.5 Å². The highest BCUT2D eigenvalue weighted by molar-refractivity contribution is 8.80. The topological polar surface area (TPSA) is 0 Å². The fraction of sp³-hybridized carbons (Fsp3) is 0.400. The molecule has 0 amide bonds. The van der Waals surface area contributed by atoms with Crippen LogP contribution in [-0.2, 0) is 0 Å². The quantitative estimate of drug-likeness (QED) is 0.371. The first-order valence-corrected chi connectivity index (χ1v) is 16.4. The van der Waals surface area contributed by atoms with Crippen molar-refractivity contribution < 1.29 is 0 Å². The first kappa shape index (κ1) is 20.5. The highest BCUT2D eigenvalue weighted by Crippen LogP contribution is 2.89. The first-order chi connectivity index (χ1) is 11.8. The lowest BCUT2D eigenvalue weighted by Crippen LogP contribution is -2.05. The Morgan fingerprint density at radius 1 is 0.667 bits per heavy atom. The highest BCUT2D eigenvalue weighted by atomic mass is 32.7. The van der Waals surface area contributed by atoms with Crippen molar-refractivity contribution >= 4 is 41.7 Å². The van der Waals surface area contributed by atoms with Gasteiger partial charge in [-0.1, -0.05) is 87.4 Å². The van der Waals surface area contributed by atoms with Crippen molar-refractivity contribution in [3.8, 4) is 0 Å². The van der Waals surface area contributed by atoms with Gasteiger partial charge in [-0.15, -0.1) is 8.93 Å². The average Bonchev–Trinajstić information content (AvgIpc) is 2.64. The summed E-state index contributed by atoms with van der Waals surface area (Å²) in [4.78, 5) is 0. The van der Waals surface area contributed by atoms with Gasteiger partial charge in [0.2, 0.25) is 0 Å². The molecule has 0 nitrogen and oxygen atoms in total. The summed E-state index contributed by atoms with van der Waals surface area (Å²) in [5, 5.41) is 3.23. The lowest BCUT2D eigenvalue weighted by molar-refractivity contribution is 0.894. The second-order valence-electron chi connectivity index (χ2n) is 5.94. The lowest BCUT2D eigenvalue weighted by Gasteiger charge is -2.33. The smallest absolute Gasteiger partial charge is 0.0190 e. The van der Waals surface area contributed by atoms with Gasteiger partial charge in [0.1, 0.15) is 0 Å². The fourth-order valence-corrected chi connectivity index (χ4v) is 21.9. The molecule has 3 atom stereocenters. The van der Waals surface area contributed by atoms with E-state index in [0.717, 1.165) is 0 Å². The van der Waals surface area contributed by atoms with Crippen molar-refractivity contribution in [1.29, 1.82) is 0 Å². The monoisotopic (exact) mass is 394 g/mol. The molecule has 0 heterocycles. The molecule has 24 heavy (non-hydrogen) atoms. The zero-order valence-corrected chi connectivity index (χ0v) is 18.8. The van der Waals surface area contributed by atoms with E-state index in [1.54, 1.807) is 10.6 Å². The van der Waals surface area contributed by atoms with Gasteiger partial charge in [0.05, 0.1) is 0 Å². The zero-order chi connectivity index (χ0) is 17.2. The molecule has 130 valence electrons. The Kier molecular flexibility index (Phi) is 9.99. The van der Waals surface area contributed by atoms with Crippen LogP contribution in [0.1, 0.15) is 39.5 Å². The SMILES string of the molecule is CCCCP(c1ccccc1)P(P)P(CCCC)c1ccccc1. The van der Waals surface area contributed by atoms with Gasteiger partial charge < -0.3 is 0 Å². The van der Waals surface area contributed by atoms with E-state index in [1.165, 1.54) is 38.0 Å². The maximum Gasteiger partial charge on any atom is -0.0190 e. The molecule has 0 spiro atoms. The fourth-order valence-electron chi connectivity index (χ4n) is 2.65. The van der Waals surface area contributed by atoms with E-state index in [0.29, 0.717) is 0 Å². The molecule has 0 radical (unpaired) electrons. The summed E-state index contributed by atoms with van der Waals surface area (Å²) in [6.45, 7) is 4.60. The summed E-state index contributed by atoms with van der Waals surface area (Å²) in [5.41, 5.74) is 0. The minimum Gasteiger partial charge on any atom is -0.102 e. The molecule has 2 aromatic rings. The first-order valence-electron chi connectivity index (χ1n) is 8.97. The molecule has 0 aliphatic carbocycles. The van der Waals surface area contributed by atoms with Crippen LogP contribution in [0.2, 0.25) is 0 Å². The second-order valence-corrected chi connectivity index (χ2v) is 20.7. The summed E-state index contributed by atoms with van der Waals surface area (Å²) in [7, 11) is 3.25. The van der Waals surface area contributed by atoms with Gasteiger partial charge in [0.25, 0.3) is 0 Å². The molecular formula is C20H30P4. The molecular weight excluding hydrogens is 364 g/mol. The number of hydrogen-bond donors (Lipinski definition) is 0. The number of benzene rings is 2. The summed E-state index contributed by atoms with van der Waals surface area (Å²) in [6.07, 6.45) is 8.11. The van der Waals surface area contributed by atoms with E-state index >= 15 is 0 Å². The maximum absolute atomic E-state index is 3.35. The molecule has 0 fully saturated rings. The summed E-state index contributed by atoms with van der Waals surface area (Å²) < 4.78 is 0. The van der Waals surface area contributed by atoms with Gasteiger partial charge in [-0.25, -0.2) is 0 Å². The Morgan fingerprint density at radius 2 is 1.04 bits per heavy atom. The number of hydrogen-bond acceptors (Lipinski definition) is 0. The lowest BCUT2D eigenvalue weighted by atomic mass is 10.4. The molecule has 2 rings (SSSR count). The van der Waals surface area contributed by atoms with Crippen LogP contribution < -0.4 is 10.6 Å². The standard InChI is InChI=1S/C20H30P4/c1-3-5-17-22(19-13-9-7-10-14-19)24(21)23(18-6-4-2)20-15-11-8-12-16-20/h7-16H,3-6,17-18,21H2,1-2H3. The van der Waals surface area contributed by atoms with Crippen LogP contribution in [0, 0.1) is 0 Å². The number of unbranched alkanes of at least 4 members (excludes halogenated alkanes) is 2. The molecule has 2 aromatic carbocycles. The molecule has 0 bridgehead atoms. The van der Waals surface area contributed by atoms with Gasteiger partial charge >= 0.3 is 0 Å². The third kappa shape index (κ3) is 6.15. The summed E-state index contributed by atoms with van der Waals surface area (Å²) >= 11 is 0. The van der Waals surface area contributed by atoms with E-state index in [9.17, 15) is 0 Å².